The molecule has 3 rings (SSSR count). The summed E-state index contributed by atoms with van der Waals surface area (Å²) in [5, 5.41) is 79.0. The third-order valence-corrected chi connectivity index (χ3v) is 5.75. The fourth-order valence-corrected chi connectivity index (χ4v) is 3.92. The Kier molecular flexibility index (Phi) is 7.46. The maximum atomic E-state index is 13.6. The van der Waals surface area contributed by atoms with Gasteiger partial charge in [-0.1, -0.05) is 6.07 Å². The number of alkyl halides is 3. The van der Waals surface area contributed by atoms with Gasteiger partial charge in [-0.05, 0) is 23.3 Å². The van der Waals surface area contributed by atoms with E-state index in [2.05, 4.69) is 0 Å². The van der Waals surface area contributed by atoms with E-state index < -0.39 is 86.0 Å². The predicted octanol–water partition coefficient (Wildman–Crippen LogP) is -2.26. The molecule has 2 heterocycles. The van der Waals surface area contributed by atoms with E-state index in [9.17, 15) is 54.0 Å². The molecule has 2 aliphatic heterocycles. The minimum Gasteiger partial charge on any atom is -0.394 e. The third-order valence-electron chi connectivity index (χ3n) is 5.75. The van der Waals surface area contributed by atoms with Crippen molar-refractivity contribution in [2.24, 2.45) is 0 Å². The molecule has 1 aromatic rings. The Bertz CT molecular complexity index is 735. The molecule has 2 aliphatic rings. The van der Waals surface area contributed by atoms with Crippen molar-refractivity contribution in [1.29, 1.82) is 0 Å². The number of hydrogen-bond acceptors (Lipinski definition) is 10. The number of ether oxygens (including phenoxy) is 2. The number of benzene rings is 1. The Hall–Kier alpha value is -1.39. The van der Waals surface area contributed by atoms with Crippen LogP contribution in [0.25, 0.3) is 0 Å². The molecule has 10 nitrogen and oxygen atoms in total. The molecular formula is C19H25F3O10. The summed E-state index contributed by atoms with van der Waals surface area (Å²) in [5.74, 6) is 0. The summed E-state index contributed by atoms with van der Waals surface area (Å²) < 4.78 is 51.4. The van der Waals surface area contributed by atoms with Crippen LogP contribution >= 0.6 is 0 Å². The molecule has 1 aromatic carbocycles. The van der Waals surface area contributed by atoms with Crippen LogP contribution in [0.1, 0.15) is 28.9 Å². The molecule has 10 unspecified atom stereocenters. The molecule has 182 valence electrons. The molecule has 13 heteroatoms. The lowest BCUT2D eigenvalue weighted by atomic mass is 9.86. The van der Waals surface area contributed by atoms with Crippen molar-refractivity contribution in [2.45, 2.75) is 67.2 Å². The Labute approximate surface area is 179 Å². The van der Waals surface area contributed by atoms with Gasteiger partial charge in [-0.25, -0.2) is 0 Å². The first kappa shape index (κ1) is 25.2. The van der Waals surface area contributed by atoms with Crippen molar-refractivity contribution < 1.29 is 63.5 Å². The fourth-order valence-electron chi connectivity index (χ4n) is 3.92. The van der Waals surface area contributed by atoms with E-state index in [4.69, 9.17) is 9.47 Å². The van der Waals surface area contributed by atoms with Crippen LogP contribution < -0.4 is 0 Å². The summed E-state index contributed by atoms with van der Waals surface area (Å²) in [4.78, 5) is 0. The second kappa shape index (κ2) is 9.46. The van der Waals surface area contributed by atoms with E-state index in [1.807, 2.05) is 0 Å². The Morgan fingerprint density at radius 1 is 0.625 bits per heavy atom. The van der Waals surface area contributed by atoms with Crippen molar-refractivity contribution in [3.63, 3.8) is 0 Å². The van der Waals surface area contributed by atoms with Gasteiger partial charge in [-0.3, -0.25) is 0 Å². The summed E-state index contributed by atoms with van der Waals surface area (Å²) in [5.41, 5.74) is -1.87. The van der Waals surface area contributed by atoms with Gasteiger partial charge in [0, 0.05) is 0 Å². The van der Waals surface area contributed by atoms with Gasteiger partial charge in [0.15, 0.2) is 0 Å². The highest BCUT2D eigenvalue weighted by molar-refractivity contribution is 5.36. The normalized spacial score (nSPS) is 41.0. The molecule has 0 saturated carbocycles. The zero-order valence-corrected chi connectivity index (χ0v) is 16.4. The second-order valence-electron chi connectivity index (χ2n) is 7.89. The third kappa shape index (κ3) is 4.63. The van der Waals surface area contributed by atoms with Crippen molar-refractivity contribution in [2.75, 3.05) is 13.2 Å². The Balaban J connectivity index is 2.06. The minimum absolute atomic E-state index is 0.316. The highest BCUT2D eigenvalue weighted by Crippen LogP contribution is 2.40. The predicted molar refractivity (Wildman–Crippen MR) is 96.9 cm³/mol. The van der Waals surface area contributed by atoms with Gasteiger partial charge >= 0.3 is 6.18 Å². The molecule has 2 saturated heterocycles. The first-order valence-electron chi connectivity index (χ1n) is 9.73. The van der Waals surface area contributed by atoms with Crippen LogP contribution in [0, 0.1) is 0 Å². The Morgan fingerprint density at radius 3 is 1.31 bits per heavy atom. The summed E-state index contributed by atoms with van der Waals surface area (Å²) in [6, 6.07) is 2.31. The first-order chi connectivity index (χ1) is 14.9. The van der Waals surface area contributed by atoms with Gasteiger partial charge in [0.05, 0.1) is 18.8 Å². The lowest BCUT2D eigenvalue weighted by Crippen LogP contribution is -2.55. The van der Waals surface area contributed by atoms with E-state index in [0.717, 1.165) is 6.07 Å². The van der Waals surface area contributed by atoms with Crippen LogP contribution in [0.2, 0.25) is 0 Å². The highest BCUT2D eigenvalue weighted by Gasteiger charge is 2.47. The topological polar surface area (TPSA) is 180 Å². The standard InChI is InChI=1S/C19H25F3O10/c20-19(21,22)8-2-6(17-15(29)13(27)11(25)9(4-23)31-17)1-7(3-8)18-16(30)14(28)12(26)10(5-24)32-18/h1-3,9-18,23-30H,4-5H2. The van der Waals surface area contributed by atoms with Crippen molar-refractivity contribution in [3.05, 3.63) is 34.9 Å². The molecular weight excluding hydrogens is 445 g/mol. The maximum Gasteiger partial charge on any atom is 0.416 e. The number of hydrogen-bond donors (Lipinski definition) is 8. The van der Waals surface area contributed by atoms with E-state index in [-0.39, 0.29) is 11.1 Å². The fraction of sp³-hybridized carbons (Fsp3) is 0.684. The van der Waals surface area contributed by atoms with Crippen LogP contribution in [0.5, 0.6) is 0 Å². The highest BCUT2D eigenvalue weighted by atomic mass is 19.4. The molecule has 0 aromatic heterocycles. The molecule has 8 N–H and O–H groups in total. The number of halogens is 3. The quantitative estimate of drug-likeness (QED) is 0.239. The van der Waals surface area contributed by atoms with Gasteiger partial charge in [0.1, 0.15) is 61.0 Å². The number of aliphatic hydroxyl groups is 8. The molecule has 0 bridgehead atoms. The maximum absolute atomic E-state index is 13.6. The van der Waals surface area contributed by atoms with Crippen LogP contribution in [0.15, 0.2) is 18.2 Å². The molecule has 32 heavy (non-hydrogen) atoms. The monoisotopic (exact) mass is 470 g/mol. The second-order valence-corrected chi connectivity index (χ2v) is 7.89. The number of aliphatic hydroxyl groups excluding tert-OH is 8. The van der Waals surface area contributed by atoms with Gasteiger partial charge in [-0.2, -0.15) is 13.2 Å². The van der Waals surface area contributed by atoms with Crippen molar-refractivity contribution in [1.82, 2.24) is 0 Å². The smallest absolute Gasteiger partial charge is 0.394 e. The number of rotatable bonds is 4. The lowest BCUT2D eigenvalue weighted by Gasteiger charge is -2.42. The summed E-state index contributed by atoms with van der Waals surface area (Å²) in [6.07, 6.45) is -21.7. The van der Waals surface area contributed by atoms with Crippen molar-refractivity contribution >= 4 is 0 Å². The van der Waals surface area contributed by atoms with Gasteiger partial charge < -0.3 is 50.3 Å². The molecule has 0 aliphatic carbocycles. The molecule has 0 spiro atoms. The van der Waals surface area contributed by atoms with Gasteiger partial charge in [0.25, 0.3) is 0 Å². The minimum atomic E-state index is -4.90. The zero-order valence-electron chi connectivity index (χ0n) is 16.4. The average Bonchev–Trinajstić information content (AvgIpc) is 2.75. The van der Waals surface area contributed by atoms with Crippen LogP contribution in [0.4, 0.5) is 13.2 Å². The van der Waals surface area contributed by atoms with E-state index in [1.54, 1.807) is 0 Å². The van der Waals surface area contributed by atoms with Crippen LogP contribution in [-0.4, -0.2) is 103 Å². The van der Waals surface area contributed by atoms with Crippen LogP contribution in [-0.2, 0) is 15.7 Å². The Morgan fingerprint density at radius 2 is 1.00 bits per heavy atom. The van der Waals surface area contributed by atoms with E-state index in [1.165, 1.54) is 0 Å². The summed E-state index contributed by atoms with van der Waals surface area (Å²) >= 11 is 0. The largest absolute Gasteiger partial charge is 0.416 e. The molecule has 0 amide bonds. The molecule has 0 radical (unpaired) electrons. The zero-order chi connectivity index (χ0) is 24.0. The first-order valence-corrected chi connectivity index (χ1v) is 9.73. The average molecular weight is 470 g/mol. The van der Waals surface area contributed by atoms with E-state index >= 15 is 0 Å². The SMILES string of the molecule is OCC1OC(c2cc(C3OC(CO)C(O)C(O)C3O)cc(C(F)(F)F)c2)C(O)C(O)C1O. The van der Waals surface area contributed by atoms with Gasteiger partial charge in [0.2, 0.25) is 0 Å². The van der Waals surface area contributed by atoms with Crippen molar-refractivity contribution in [3.8, 4) is 0 Å². The molecule has 10 atom stereocenters. The van der Waals surface area contributed by atoms with Crippen LogP contribution in [0.3, 0.4) is 0 Å². The molecule has 2 fully saturated rings. The summed E-state index contributed by atoms with van der Waals surface area (Å²) in [6.45, 7) is -1.58. The lowest BCUT2D eigenvalue weighted by molar-refractivity contribution is -0.233. The van der Waals surface area contributed by atoms with E-state index in [0.29, 0.717) is 12.1 Å². The van der Waals surface area contributed by atoms with Gasteiger partial charge in [-0.15, -0.1) is 0 Å². The summed E-state index contributed by atoms with van der Waals surface area (Å²) in [7, 11) is 0.